The zero-order valence-electron chi connectivity index (χ0n) is 21.5. The number of ether oxygens (including phenoxy) is 2. The van der Waals surface area contributed by atoms with E-state index in [0.29, 0.717) is 60.4 Å². The molecule has 2 aromatic heterocycles. The molecule has 1 aliphatic rings. The summed E-state index contributed by atoms with van der Waals surface area (Å²) in [6, 6.07) is 11.1. The van der Waals surface area contributed by atoms with Crippen molar-refractivity contribution in [2.45, 2.75) is 52.9 Å². The maximum Gasteiger partial charge on any atom is 0.355 e. The molecule has 37 heavy (non-hydrogen) atoms. The number of esters is 1. The van der Waals surface area contributed by atoms with E-state index in [1.807, 2.05) is 42.8 Å². The number of benzene rings is 2. The predicted molar refractivity (Wildman–Crippen MR) is 139 cm³/mol. The van der Waals surface area contributed by atoms with Gasteiger partial charge in [0.2, 0.25) is 0 Å². The molecule has 5 rings (SSSR count). The number of fused-ring (bicyclic) bond motifs is 3. The lowest BCUT2D eigenvalue weighted by atomic mass is 9.96. The Labute approximate surface area is 215 Å². The summed E-state index contributed by atoms with van der Waals surface area (Å²) in [5.74, 6) is -0.837. The minimum Gasteiger partial charge on any atom is -0.461 e. The average molecular weight is 506 g/mol. The maximum absolute atomic E-state index is 16.0. The minimum absolute atomic E-state index is 0.0180. The van der Waals surface area contributed by atoms with E-state index in [-0.39, 0.29) is 25.6 Å². The lowest BCUT2D eigenvalue weighted by Gasteiger charge is -2.16. The molecule has 2 aromatic carbocycles. The first-order valence-corrected chi connectivity index (χ1v) is 12.8. The first-order valence-electron chi connectivity index (χ1n) is 12.8. The van der Waals surface area contributed by atoms with Gasteiger partial charge in [0.05, 0.1) is 31.0 Å². The van der Waals surface area contributed by atoms with E-state index in [9.17, 15) is 9.90 Å². The van der Waals surface area contributed by atoms with Crippen LogP contribution in [0.25, 0.3) is 22.0 Å². The molecule has 0 spiro atoms. The normalized spacial score (nSPS) is 13.2. The molecular weight excluding hydrogens is 473 g/mol. The summed E-state index contributed by atoms with van der Waals surface area (Å²) in [4.78, 5) is 13.5. The molecule has 0 atom stereocenters. The zero-order valence-corrected chi connectivity index (χ0v) is 21.5. The molecule has 194 valence electrons. The second kappa shape index (κ2) is 10.5. The molecular formula is C29H32FN3O4. The number of nitrogens with zero attached hydrogens (tertiary/aromatic N) is 3. The average Bonchev–Trinajstić information content (AvgIpc) is 3.36. The number of rotatable bonds is 6. The molecule has 0 unspecified atom stereocenters. The van der Waals surface area contributed by atoms with Gasteiger partial charge in [-0.05, 0) is 55.0 Å². The standard InChI is InChI=1S/C29H32FN3O4/c1-4-24-26-23(31-32(24)3)17-36-16-19-10-7-6-9-18(19)15-33-27-21(12-13-22(30)25(26)27)20(11-8-14-34)28(33)29(35)37-5-2/h6-7,9-10,12-13,34H,4-5,8,11,14-17H2,1-3H3. The van der Waals surface area contributed by atoms with Gasteiger partial charge < -0.3 is 19.1 Å². The SMILES string of the molecule is CCOC(=O)c1c(CCCO)c2ccc(F)c3c2n1Cc1ccccc1COCc1nn(C)c(CC)c1-3. The van der Waals surface area contributed by atoms with Crippen molar-refractivity contribution in [1.82, 2.24) is 14.3 Å². The smallest absolute Gasteiger partial charge is 0.355 e. The Morgan fingerprint density at radius 3 is 2.65 bits per heavy atom. The maximum atomic E-state index is 16.0. The quantitative estimate of drug-likeness (QED) is 0.376. The Morgan fingerprint density at radius 1 is 1.14 bits per heavy atom. The fraction of sp³-hybridized carbons (Fsp3) is 0.379. The number of aryl methyl sites for hydroxylation is 2. The lowest BCUT2D eigenvalue weighted by Crippen LogP contribution is -2.16. The van der Waals surface area contributed by atoms with Gasteiger partial charge in [0.15, 0.2) is 0 Å². The van der Waals surface area contributed by atoms with Crippen LogP contribution in [0.4, 0.5) is 4.39 Å². The molecule has 8 heteroatoms. The van der Waals surface area contributed by atoms with Crippen LogP contribution < -0.4 is 0 Å². The van der Waals surface area contributed by atoms with E-state index in [0.717, 1.165) is 27.8 Å². The highest BCUT2D eigenvalue weighted by atomic mass is 19.1. The van der Waals surface area contributed by atoms with Gasteiger partial charge in [-0.2, -0.15) is 5.10 Å². The van der Waals surface area contributed by atoms with Crippen molar-refractivity contribution in [3.63, 3.8) is 0 Å². The van der Waals surface area contributed by atoms with Gasteiger partial charge in [0.25, 0.3) is 0 Å². The summed E-state index contributed by atoms with van der Waals surface area (Å²) in [6.07, 6.45) is 1.59. The van der Waals surface area contributed by atoms with Crippen LogP contribution >= 0.6 is 0 Å². The Morgan fingerprint density at radius 2 is 1.92 bits per heavy atom. The van der Waals surface area contributed by atoms with Gasteiger partial charge in [-0.15, -0.1) is 0 Å². The van der Waals surface area contributed by atoms with Crippen molar-refractivity contribution >= 4 is 16.9 Å². The molecule has 0 radical (unpaired) electrons. The highest BCUT2D eigenvalue weighted by molar-refractivity contribution is 6.05. The Hall–Kier alpha value is -3.49. The third kappa shape index (κ3) is 4.34. The van der Waals surface area contributed by atoms with Crippen LogP contribution in [0.2, 0.25) is 0 Å². The predicted octanol–water partition coefficient (Wildman–Crippen LogP) is 4.92. The molecule has 7 nitrogen and oxygen atoms in total. The summed E-state index contributed by atoms with van der Waals surface area (Å²) < 4.78 is 31.3. The summed E-state index contributed by atoms with van der Waals surface area (Å²) >= 11 is 0. The van der Waals surface area contributed by atoms with Crippen molar-refractivity contribution in [3.05, 3.63) is 76.0 Å². The summed E-state index contributed by atoms with van der Waals surface area (Å²) in [7, 11) is 1.86. The number of carbonyl (C=O) groups is 1. The van der Waals surface area contributed by atoms with Gasteiger partial charge in [0, 0.05) is 42.4 Å². The monoisotopic (exact) mass is 505 g/mol. The van der Waals surface area contributed by atoms with Crippen LogP contribution in [0.15, 0.2) is 36.4 Å². The van der Waals surface area contributed by atoms with E-state index < -0.39 is 5.97 Å². The van der Waals surface area contributed by atoms with Crippen LogP contribution in [-0.4, -0.2) is 38.6 Å². The lowest BCUT2D eigenvalue weighted by molar-refractivity contribution is 0.0513. The number of carbonyl (C=O) groups excluding carboxylic acids is 1. The van der Waals surface area contributed by atoms with Gasteiger partial charge in [-0.3, -0.25) is 4.68 Å². The topological polar surface area (TPSA) is 78.5 Å². The second-order valence-corrected chi connectivity index (χ2v) is 9.29. The van der Waals surface area contributed by atoms with E-state index in [1.54, 1.807) is 17.7 Å². The molecule has 0 bridgehead atoms. The van der Waals surface area contributed by atoms with Crippen LogP contribution in [0.1, 0.15) is 58.8 Å². The Kier molecular flexibility index (Phi) is 7.13. The van der Waals surface area contributed by atoms with Gasteiger partial charge in [0.1, 0.15) is 11.5 Å². The number of hydrogen-bond donors (Lipinski definition) is 1. The van der Waals surface area contributed by atoms with Crippen LogP contribution in [-0.2, 0) is 49.1 Å². The van der Waals surface area contributed by atoms with Gasteiger partial charge >= 0.3 is 5.97 Å². The third-order valence-electron chi connectivity index (χ3n) is 7.10. The van der Waals surface area contributed by atoms with E-state index in [1.165, 1.54) is 6.07 Å². The second-order valence-electron chi connectivity index (χ2n) is 9.29. The molecule has 3 heterocycles. The number of hydrogen-bond acceptors (Lipinski definition) is 5. The highest BCUT2D eigenvalue weighted by Gasteiger charge is 2.30. The summed E-state index contributed by atoms with van der Waals surface area (Å²) in [6.45, 7) is 4.94. The summed E-state index contributed by atoms with van der Waals surface area (Å²) in [5.41, 5.74) is 6.44. The molecule has 0 aliphatic carbocycles. The van der Waals surface area contributed by atoms with Crippen molar-refractivity contribution < 1.29 is 23.8 Å². The minimum atomic E-state index is -0.455. The molecule has 0 saturated heterocycles. The molecule has 0 saturated carbocycles. The fourth-order valence-electron chi connectivity index (χ4n) is 5.53. The summed E-state index contributed by atoms with van der Waals surface area (Å²) in [5, 5.41) is 15.1. The van der Waals surface area contributed by atoms with E-state index >= 15 is 4.39 Å². The third-order valence-corrected chi connectivity index (χ3v) is 7.10. The fourth-order valence-corrected chi connectivity index (χ4v) is 5.53. The van der Waals surface area contributed by atoms with Gasteiger partial charge in [-0.1, -0.05) is 31.2 Å². The number of aliphatic hydroxyl groups excluding tert-OH is 1. The first kappa shape index (κ1) is 25.2. The van der Waals surface area contributed by atoms with Crippen molar-refractivity contribution in [2.75, 3.05) is 13.2 Å². The molecule has 1 aliphatic heterocycles. The molecule has 1 N–H and O–H groups in total. The van der Waals surface area contributed by atoms with E-state index in [4.69, 9.17) is 14.6 Å². The molecule has 4 aromatic rings. The van der Waals surface area contributed by atoms with Crippen molar-refractivity contribution in [1.29, 1.82) is 0 Å². The van der Waals surface area contributed by atoms with Crippen molar-refractivity contribution in [2.24, 2.45) is 7.05 Å². The number of halogens is 1. The Bertz CT molecular complexity index is 1470. The molecule has 0 fully saturated rings. The first-order chi connectivity index (χ1) is 18.0. The molecule has 0 amide bonds. The number of aliphatic hydroxyl groups is 1. The van der Waals surface area contributed by atoms with Crippen LogP contribution in [0.5, 0.6) is 0 Å². The van der Waals surface area contributed by atoms with E-state index in [2.05, 4.69) is 0 Å². The highest BCUT2D eigenvalue weighted by Crippen LogP contribution is 2.41. The number of aromatic nitrogens is 3. The van der Waals surface area contributed by atoms with Crippen LogP contribution in [0, 0.1) is 5.82 Å². The van der Waals surface area contributed by atoms with Crippen molar-refractivity contribution in [3.8, 4) is 11.1 Å². The van der Waals surface area contributed by atoms with Gasteiger partial charge in [-0.25, -0.2) is 9.18 Å². The zero-order chi connectivity index (χ0) is 26.1. The largest absolute Gasteiger partial charge is 0.461 e. The Balaban J connectivity index is 1.94. The van der Waals surface area contributed by atoms with Crippen LogP contribution in [0.3, 0.4) is 0 Å².